The summed E-state index contributed by atoms with van der Waals surface area (Å²) >= 11 is 0. The number of anilines is 2. The van der Waals surface area contributed by atoms with Crippen LogP contribution < -0.4 is 15.0 Å². The minimum absolute atomic E-state index is 0.0277. The Balaban J connectivity index is 1.85. The van der Waals surface area contributed by atoms with Crippen LogP contribution in [0.5, 0.6) is 5.75 Å². The Kier molecular flexibility index (Phi) is 5.07. The normalized spacial score (nSPS) is 12.9. The smallest absolute Gasteiger partial charge is 0.265 e. The minimum atomic E-state index is -0.571. The molecule has 2 aromatic carbocycles. The molecule has 0 unspecified atom stereocenters. The minimum Gasteiger partial charge on any atom is -0.482 e. The Hall–Kier alpha value is -3.42. The lowest BCUT2D eigenvalue weighted by Gasteiger charge is -2.29. The highest BCUT2D eigenvalue weighted by molar-refractivity contribution is 6.06. The van der Waals surface area contributed by atoms with Crippen LogP contribution in [0, 0.1) is 5.82 Å². The molecular formula is C19H18FN3O4. The molecule has 7 nitrogen and oxygen atoms in total. The van der Waals surface area contributed by atoms with Gasteiger partial charge in [0.05, 0.1) is 11.4 Å². The van der Waals surface area contributed by atoms with Crippen molar-refractivity contribution in [1.82, 2.24) is 4.90 Å². The van der Waals surface area contributed by atoms with Gasteiger partial charge in [0.1, 0.15) is 18.1 Å². The van der Waals surface area contributed by atoms with Gasteiger partial charge in [-0.25, -0.2) is 4.39 Å². The van der Waals surface area contributed by atoms with E-state index in [1.807, 2.05) is 0 Å². The molecular weight excluding hydrogens is 353 g/mol. The second-order valence-corrected chi connectivity index (χ2v) is 6.18. The van der Waals surface area contributed by atoms with Crippen molar-refractivity contribution in [2.75, 3.05) is 37.5 Å². The molecule has 27 heavy (non-hydrogen) atoms. The summed E-state index contributed by atoms with van der Waals surface area (Å²) in [4.78, 5) is 39.4. The Morgan fingerprint density at radius 1 is 1.22 bits per heavy atom. The van der Waals surface area contributed by atoms with Crippen LogP contribution in [0.2, 0.25) is 0 Å². The Morgan fingerprint density at radius 3 is 2.67 bits per heavy atom. The molecule has 1 aliphatic heterocycles. The topological polar surface area (TPSA) is 79.0 Å². The summed E-state index contributed by atoms with van der Waals surface area (Å²) in [6, 6.07) is 10.4. The van der Waals surface area contributed by atoms with Crippen molar-refractivity contribution < 1.29 is 23.5 Å². The van der Waals surface area contributed by atoms with Crippen LogP contribution in [0.25, 0.3) is 0 Å². The lowest BCUT2D eigenvalue weighted by molar-refractivity contribution is -0.123. The van der Waals surface area contributed by atoms with Gasteiger partial charge >= 0.3 is 0 Å². The average molecular weight is 371 g/mol. The molecule has 0 bridgehead atoms. The summed E-state index contributed by atoms with van der Waals surface area (Å²) in [7, 11) is 3.23. The molecule has 3 amide bonds. The van der Waals surface area contributed by atoms with Crippen LogP contribution in [-0.4, -0.2) is 49.9 Å². The number of carbonyl (C=O) groups excluding carboxylic acids is 3. The molecule has 0 atom stereocenters. The first kappa shape index (κ1) is 18.4. The van der Waals surface area contributed by atoms with Crippen molar-refractivity contribution in [3.05, 3.63) is 53.8 Å². The number of hydrogen-bond acceptors (Lipinski definition) is 4. The molecule has 8 heteroatoms. The van der Waals surface area contributed by atoms with Crippen LogP contribution in [0.4, 0.5) is 15.8 Å². The molecule has 140 valence electrons. The van der Waals surface area contributed by atoms with Crippen molar-refractivity contribution in [3.63, 3.8) is 0 Å². The van der Waals surface area contributed by atoms with Gasteiger partial charge in [-0.3, -0.25) is 19.3 Å². The first-order valence-corrected chi connectivity index (χ1v) is 8.20. The van der Waals surface area contributed by atoms with Gasteiger partial charge in [-0.1, -0.05) is 12.1 Å². The molecule has 0 fully saturated rings. The quantitative estimate of drug-likeness (QED) is 0.890. The van der Waals surface area contributed by atoms with E-state index in [0.717, 1.165) is 0 Å². The summed E-state index contributed by atoms with van der Waals surface area (Å²) < 4.78 is 19.1. The van der Waals surface area contributed by atoms with Crippen LogP contribution in [0.3, 0.4) is 0 Å². The predicted molar refractivity (Wildman–Crippen MR) is 97.3 cm³/mol. The number of amides is 3. The van der Waals surface area contributed by atoms with Gasteiger partial charge in [0, 0.05) is 19.7 Å². The average Bonchev–Trinajstić information content (AvgIpc) is 2.65. The maximum Gasteiger partial charge on any atom is 0.265 e. The van der Waals surface area contributed by atoms with Crippen molar-refractivity contribution in [2.45, 2.75) is 0 Å². The maximum absolute atomic E-state index is 13.7. The van der Waals surface area contributed by atoms with Crippen molar-refractivity contribution in [2.24, 2.45) is 0 Å². The fraction of sp³-hybridized carbons (Fsp3) is 0.211. The molecule has 3 rings (SSSR count). The van der Waals surface area contributed by atoms with Crippen molar-refractivity contribution in [1.29, 1.82) is 0 Å². The Labute approximate surface area is 155 Å². The molecule has 0 aromatic heterocycles. The van der Waals surface area contributed by atoms with E-state index in [0.29, 0.717) is 17.0 Å². The standard InChI is InChI=1S/C19H18FN3O4/c1-22(2)19(26)12-7-8-16-15(9-12)23(18(25)11-27-16)10-17(24)21-14-6-4-3-5-13(14)20/h3-9H,10-11H2,1-2H3,(H,21,24). The summed E-state index contributed by atoms with van der Waals surface area (Å²) in [5, 5.41) is 2.44. The molecule has 0 saturated carbocycles. The van der Waals surface area contributed by atoms with Crippen LogP contribution in [0.1, 0.15) is 10.4 Å². The van der Waals surface area contributed by atoms with Gasteiger partial charge in [0.15, 0.2) is 6.61 Å². The zero-order valence-electron chi connectivity index (χ0n) is 14.9. The number of benzene rings is 2. The summed E-state index contributed by atoms with van der Waals surface area (Å²) in [6.07, 6.45) is 0. The van der Waals surface area contributed by atoms with E-state index in [1.165, 1.54) is 34.1 Å². The third-order valence-corrected chi connectivity index (χ3v) is 4.00. The lowest BCUT2D eigenvalue weighted by Crippen LogP contribution is -2.43. The number of ether oxygens (including phenoxy) is 1. The van der Waals surface area contributed by atoms with Gasteiger partial charge in [-0.15, -0.1) is 0 Å². The largest absolute Gasteiger partial charge is 0.482 e. The van der Waals surface area contributed by atoms with E-state index < -0.39 is 17.6 Å². The van der Waals surface area contributed by atoms with Gasteiger partial charge in [-0.05, 0) is 30.3 Å². The highest BCUT2D eigenvalue weighted by Crippen LogP contribution is 2.33. The second-order valence-electron chi connectivity index (χ2n) is 6.18. The number of nitrogens with one attached hydrogen (secondary N) is 1. The fourth-order valence-corrected chi connectivity index (χ4v) is 2.66. The summed E-state index contributed by atoms with van der Waals surface area (Å²) in [5.74, 6) is -1.42. The molecule has 0 saturated heterocycles. The Morgan fingerprint density at radius 2 is 1.96 bits per heavy atom. The number of halogens is 1. The third-order valence-electron chi connectivity index (χ3n) is 4.00. The lowest BCUT2D eigenvalue weighted by atomic mass is 10.1. The van der Waals surface area contributed by atoms with Gasteiger partial charge in [0.2, 0.25) is 5.91 Å². The molecule has 1 heterocycles. The first-order valence-electron chi connectivity index (χ1n) is 8.20. The zero-order valence-corrected chi connectivity index (χ0v) is 14.9. The van der Waals surface area contributed by atoms with Crippen molar-refractivity contribution in [3.8, 4) is 5.75 Å². The first-order chi connectivity index (χ1) is 12.9. The van der Waals surface area contributed by atoms with E-state index in [4.69, 9.17) is 4.74 Å². The van der Waals surface area contributed by atoms with Crippen LogP contribution >= 0.6 is 0 Å². The number of hydrogen-bond donors (Lipinski definition) is 1. The van der Waals surface area contributed by atoms with Crippen LogP contribution in [-0.2, 0) is 9.59 Å². The van der Waals surface area contributed by atoms with Crippen LogP contribution in [0.15, 0.2) is 42.5 Å². The third kappa shape index (κ3) is 3.89. The maximum atomic E-state index is 13.7. The molecule has 0 spiro atoms. The fourth-order valence-electron chi connectivity index (χ4n) is 2.66. The number of rotatable bonds is 4. The SMILES string of the molecule is CN(C)C(=O)c1ccc2c(c1)N(CC(=O)Nc1ccccc1F)C(=O)CO2. The predicted octanol–water partition coefficient (Wildman–Crippen LogP) is 1.89. The molecule has 0 aliphatic carbocycles. The van der Waals surface area contributed by atoms with E-state index in [2.05, 4.69) is 5.32 Å². The van der Waals surface area contributed by atoms with E-state index in [9.17, 15) is 18.8 Å². The van der Waals surface area contributed by atoms with E-state index in [1.54, 1.807) is 32.3 Å². The monoisotopic (exact) mass is 371 g/mol. The molecule has 1 N–H and O–H groups in total. The highest BCUT2D eigenvalue weighted by Gasteiger charge is 2.28. The second kappa shape index (κ2) is 7.45. The Bertz CT molecular complexity index is 914. The summed E-state index contributed by atoms with van der Waals surface area (Å²) in [5.41, 5.74) is 0.708. The van der Waals surface area contributed by atoms with Gasteiger partial charge in [-0.2, -0.15) is 0 Å². The molecule has 2 aromatic rings. The number of nitrogens with zero attached hydrogens (tertiary/aromatic N) is 2. The van der Waals surface area contributed by atoms with Gasteiger partial charge < -0.3 is 15.0 Å². The number of para-hydroxylation sites is 1. The van der Waals surface area contributed by atoms with Gasteiger partial charge in [0.25, 0.3) is 11.8 Å². The van der Waals surface area contributed by atoms with Crippen molar-refractivity contribution >= 4 is 29.1 Å². The molecule has 1 aliphatic rings. The van der Waals surface area contributed by atoms with E-state index >= 15 is 0 Å². The number of carbonyl (C=O) groups is 3. The molecule has 0 radical (unpaired) electrons. The number of fused-ring (bicyclic) bond motifs is 1. The summed E-state index contributed by atoms with van der Waals surface area (Å²) in [6.45, 7) is -0.552. The zero-order chi connectivity index (χ0) is 19.6. The van der Waals surface area contributed by atoms with E-state index in [-0.39, 0.29) is 24.7 Å². The highest BCUT2D eigenvalue weighted by atomic mass is 19.1.